The van der Waals surface area contributed by atoms with Gasteiger partial charge in [0.05, 0.1) is 0 Å². The van der Waals surface area contributed by atoms with Gasteiger partial charge in [-0.2, -0.15) is 0 Å². The molecule has 1 N–H and O–H groups in total. The third-order valence-electron chi connectivity index (χ3n) is 2.69. The van der Waals surface area contributed by atoms with E-state index in [4.69, 9.17) is 0 Å². The van der Waals surface area contributed by atoms with Crippen molar-refractivity contribution in [2.24, 2.45) is 0 Å². The Morgan fingerprint density at radius 1 is 1.35 bits per heavy atom. The smallest absolute Gasteiger partial charge is 0.277 e. The van der Waals surface area contributed by atoms with E-state index in [2.05, 4.69) is 5.32 Å². The quantitative estimate of drug-likeness (QED) is 0.774. The predicted molar refractivity (Wildman–Crippen MR) is 64.9 cm³/mol. The maximum absolute atomic E-state index is 13.5. The summed E-state index contributed by atoms with van der Waals surface area (Å²) < 4.78 is 26.5. The van der Waals surface area contributed by atoms with Crippen LogP contribution in [0.3, 0.4) is 0 Å². The number of nitrogens with zero attached hydrogens (tertiary/aromatic N) is 1. The Bertz CT molecular complexity index is 641. The highest BCUT2D eigenvalue weighted by molar-refractivity contribution is 6.12. The Labute approximate surface area is 112 Å². The number of benzene rings is 1. The van der Waals surface area contributed by atoms with Gasteiger partial charge < -0.3 is 5.32 Å². The fraction of sp³-hybridized carbons (Fsp3) is 0.154. The lowest BCUT2D eigenvalue weighted by atomic mass is 10.1. The number of halogens is 2. The molecule has 1 heterocycles. The number of piperazine rings is 1. The lowest BCUT2D eigenvalue weighted by Gasteiger charge is -2.25. The molecular weight excluding hydrogens is 270 g/mol. The van der Waals surface area contributed by atoms with Crippen molar-refractivity contribution in [2.45, 2.75) is 6.92 Å². The van der Waals surface area contributed by atoms with Crippen molar-refractivity contribution in [3.8, 4) is 0 Å². The molecule has 1 saturated heterocycles. The Kier molecular flexibility index (Phi) is 3.60. The van der Waals surface area contributed by atoms with E-state index in [1.807, 2.05) is 0 Å². The van der Waals surface area contributed by atoms with Crippen LogP contribution in [-0.2, 0) is 14.4 Å². The number of amides is 3. The van der Waals surface area contributed by atoms with E-state index in [1.165, 1.54) is 0 Å². The van der Waals surface area contributed by atoms with Crippen LogP contribution in [0.15, 0.2) is 23.9 Å². The van der Waals surface area contributed by atoms with Gasteiger partial charge in [-0.05, 0) is 24.3 Å². The summed E-state index contributed by atoms with van der Waals surface area (Å²) in [5, 5.41) is 2.24. The summed E-state index contributed by atoms with van der Waals surface area (Å²) in [5.41, 5.74) is -0.472. The molecular formula is C13H10F2N2O3. The number of carbonyl (C=O) groups excluding carboxylic acids is 3. The number of hydrogen-bond acceptors (Lipinski definition) is 3. The Morgan fingerprint density at radius 3 is 2.70 bits per heavy atom. The van der Waals surface area contributed by atoms with E-state index < -0.39 is 35.9 Å². The molecule has 1 fully saturated rings. The van der Waals surface area contributed by atoms with Crippen molar-refractivity contribution in [1.82, 2.24) is 10.2 Å². The minimum absolute atomic E-state index is 0.195. The zero-order valence-corrected chi connectivity index (χ0v) is 10.4. The van der Waals surface area contributed by atoms with Gasteiger partial charge in [0.2, 0.25) is 11.8 Å². The molecule has 0 unspecified atom stereocenters. The second-order valence-electron chi connectivity index (χ2n) is 4.18. The third-order valence-corrected chi connectivity index (χ3v) is 2.69. The van der Waals surface area contributed by atoms with E-state index in [9.17, 15) is 23.2 Å². The zero-order chi connectivity index (χ0) is 14.9. The first kappa shape index (κ1) is 13.9. The van der Waals surface area contributed by atoms with Gasteiger partial charge in [0.1, 0.15) is 23.9 Å². The topological polar surface area (TPSA) is 66.5 Å². The molecule has 1 aliphatic rings. The highest BCUT2D eigenvalue weighted by Gasteiger charge is 2.30. The number of imide groups is 1. The number of hydrogen-bond donors (Lipinski definition) is 1. The second-order valence-corrected chi connectivity index (χ2v) is 4.18. The van der Waals surface area contributed by atoms with Gasteiger partial charge in [-0.1, -0.05) is 0 Å². The average Bonchev–Trinajstić information content (AvgIpc) is 2.37. The number of nitrogens with one attached hydrogen (secondary N) is 1. The van der Waals surface area contributed by atoms with Crippen LogP contribution >= 0.6 is 0 Å². The van der Waals surface area contributed by atoms with Gasteiger partial charge in [-0.25, -0.2) is 8.78 Å². The summed E-state index contributed by atoms with van der Waals surface area (Å²) in [6.45, 7) is 0.744. The largest absolute Gasteiger partial charge is 0.320 e. The summed E-state index contributed by atoms with van der Waals surface area (Å²) in [5.74, 6) is -3.38. The molecule has 1 aromatic rings. The van der Waals surface area contributed by atoms with Gasteiger partial charge in [0, 0.05) is 12.5 Å². The van der Waals surface area contributed by atoms with Gasteiger partial charge in [0.25, 0.3) is 5.91 Å². The average molecular weight is 280 g/mol. The van der Waals surface area contributed by atoms with E-state index >= 15 is 0 Å². The molecule has 0 spiro atoms. The molecule has 2 rings (SSSR count). The van der Waals surface area contributed by atoms with Crippen LogP contribution in [0.4, 0.5) is 8.78 Å². The maximum atomic E-state index is 13.5. The molecule has 7 heteroatoms. The molecule has 0 aromatic heterocycles. The molecule has 0 bridgehead atoms. The molecule has 0 saturated carbocycles. The summed E-state index contributed by atoms with van der Waals surface area (Å²) in [4.78, 5) is 35.3. The SMILES string of the molecule is CC(=O)N1CC(=O)N/C(=C\c2cc(F)ccc2F)C1=O. The molecule has 0 aliphatic carbocycles. The second kappa shape index (κ2) is 5.20. The van der Waals surface area contributed by atoms with Crippen LogP contribution in [0.1, 0.15) is 12.5 Å². The number of carbonyl (C=O) groups is 3. The molecule has 0 atom stereocenters. The number of rotatable bonds is 1. The summed E-state index contributed by atoms with van der Waals surface area (Å²) >= 11 is 0. The van der Waals surface area contributed by atoms with Crippen molar-refractivity contribution in [3.63, 3.8) is 0 Å². The first-order valence-corrected chi connectivity index (χ1v) is 5.67. The van der Waals surface area contributed by atoms with Crippen LogP contribution in [0, 0.1) is 11.6 Å². The molecule has 20 heavy (non-hydrogen) atoms. The van der Waals surface area contributed by atoms with Crippen LogP contribution in [0.2, 0.25) is 0 Å². The van der Waals surface area contributed by atoms with E-state index in [1.54, 1.807) is 0 Å². The van der Waals surface area contributed by atoms with Crippen LogP contribution in [-0.4, -0.2) is 29.2 Å². The van der Waals surface area contributed by atoms with Crippen molar-refractivity contribution < 1.29 is 23.2 Å². The highest BCUT2D eigenvalue weighted by Crippen LogP contribution is 2.15. The van der Waals surface area contributed by atoms with Gasteiger partial charge in [-0.3, -0.25) is 19.3 Å². The minimum Gasteiger partial charge on any atom is -0.320 e. The van der Waals surface area contributed by atoms with E-state index in [0.717, 1.165) is 36.1 Å². The Morgan fingerprint density at radius 2 is 2.05 bits per heavy atom. The van der Waals surface area contributed by atoms with Gasteiger partial charge in [-0.15, -0.1) is 0 Å². The van der Waals surface area contributed by atoms with E-state index in [0.29, 0.717) is 0 Å². The lowest BCUT2D eigenvalue weighted by molar-refractivity contribution is -0.147. The Hall–Kier alpha value is -2.57. The molecule has 0 radical (unpaired) electrons. The third kappa shape index (κ3) is 2.71. The maximum Gasteiger partial charge on any atom is 0.277 e. The summed E-state index contributed by atoms with van der Waals surface area (Å²) in [6.07, 6.45) is 0.994. The van der Waals surface area contributed by atoms with Gasteiger partial charge >= 0.3 is 0 Å². The fourth-order valence-corrected chi connectivity index (χ4v) is 1.74. The van der Waals surface area contributed by atoms with Crippen molar-refractivity contribution in [3.05, 3.63) is 41.1 Å². The molecule has 104 valence electrons. The van der Waals surface area contributed by atoms with Crippen molar-refractivity contribution >= 4 is 23.8 Å². The van der Waals surface area contributed by atoms with Crippen molar-refractivity contribution in [1.29, 1.82) is 0 Å². The summed E-state index contributed by atoms with van der Waals surface area (Å²) in [6, 6.07) is 2.72. The molecule has 1 aromatic carbocycles. The predicted octanol–water partition coefficient (Wildman–Crippen LogP) is 0.811. The monoisotopic (exact) mass is 280 g/mol. The molecule has 1 aliphatic heterocycles. The van der Waals surface area contributed by atoms with Crippen LogP contribution < -0.4 is 5.32 Å². The first-order valence-electron chi connectivity index (χ1n) is 5.67. The highest BCUT2D eigenvalue weighted by atomic mass is 19.1. The molecule has 5 nitrogen and oxygen atoms in total. The standard InChI is InChI=1S/C13H10F2N2O3/c1-7(18)17-6-12(19)16-11(13(17)20)5-8-4-9(14)2-3-10(8)15/h2-5H,6H2,1H3,(H,16,19)/b11-5-. The molecule has 3 amide bonds. The summed E-state index contributed by atoms with van der Waals surface area (Å²) in [7, 11) is 0. The first-order chi connectivity index (χ1) is 9.38. The van der Waals surface area contributed by atoms with Crippen LogP contribution in [0.5, 0.6) is 0 Å². The van der Waals surface area contributed by atoms with Crippen LogP contribution in [0.25, 0.3) is 6.08 Å². The van der Waals surface area contributed by atoms with Gasteiger partial charge in [0.15, 0.2) is 0 Å². The minimum atomic E-state index is -0.763. The Balaban J connectivity index is 2.41. The normalized spacial score (nSPS) is 17.4. The zero-order valence-electron chi connectivity index (χ0n) is 10.4. The van der Waals surface area contributed by atoms with E-state index in [-0.39, 0.29) is 11.3 Å². The van der Waals surface area contributed by atoms with Crippen molar-refractivity contribution in [2.75, 3.05) is 6.54 Å². The fourth-order valence-electron chi connectivity index (χ4n) is 1.74. The lowest BCUT2D eigenvalue weighted by Crippen LogP contribution is -2.51.